The van der Waals surface area contributed by atoms with Crippen molar-refractivity contribution in [1.82, 2.24) is 19.1 Å². The van der Waals surface area contributed by atoms with Crippen molar-refractivity contribution >= 4 is 56.7 Å². The van der Waals surface area contributed by atoms with Crippen molar-refractivity contribution in [1.29, 1.82) is 0 Å². The smallest absolute Gasteiger partial charge is 0.331 e. The van der Waals surface area contributed by atoms with Crippen molar-refractivity contribution < 1.29 is 0 Å². The highest BCUT2D eigenvalue weighted by atomic mass is 127. The molecule has 2 aromatic carbocycles. The third kappa shape index (κ3) is 4.12. The van der Waals surface area contributed by atoms with Gasteiger partial charge >= 0.3 is 5.69 Å². The number of halogens is 3. The summed E-state index contributed by atoms with van der Waals surface area (Å²) in [7, 11) is 0. The number of imidazole rings is 1. The van der Waals surface area contributed by atoms with Gasteiger partial charge < -0.3 is 5.32 Å². The summed E-state index contributed by atoms with van der Waals surface area (Å²) in [5.41, 5.74) is 2.68. The maximum Gasteiger partial charge on any atom is 0.331 e. The van der Waals surface area contributed by atoms with Gasteiger partial charge in [-0.2, -0.15) is 0 Å². The lowest BCUT2D eigenvalue weighted by Gasteiger charge is -2.14. The van der Waals surface area contributed by atoms with Crippen LogP contribution in [0.5, 0.6) is 0 Å². The number of anilines is 1. The van der Waals surface area contributed by atoms with Crippen LogP contribution in [0.1, 0.15) is 18.9 Å². The van der Waals surface area contributed by atoms with Gasteiger partial charge in [0.25, 0.3) is 0 Å². The van der Waals surface area contributed by atoms with Gasteiger partial charge in [-0.15, -0.1) is 12.4 Å². The lowest BCUT2D eigenvalue weighted by Crippen LogP contribution is -2.32. The van der Waals surface area contributed by atoms with Gasteiger partial charge in [-0.05, 0) is 58.8 Å². The molecular weight excluding hydrogens is 593 g/mol. The zero-order valence-corrected chi connectivity index (χ0v) is 21.2. The number of rotatable bonds is 4. The van der Waals surface area contributed by atoms with E-state index in [-0.39, 0.29) is 24.1 Å². The van der Waals surface area contributed by atoms with Crippen LogP contribution >= 0.6 is 50.9 Å². The third-order valence-electron chi connectivity index (χ3n) is 5.42. The number of nitrogens with one attached hydrogen (secondary N) is 1. The largest absolute Gasteiger partial charge is 0.365 e. The molecular formula is C22H20BrClIN5O. The summed E-state index contributed by atoms with van der Waals surface area (Å²) in [6.45, 7) is 3.23. The molecule has 3 heterocycles. The predicted molar refractivity (Wildman–Crippen MR) is 137 cm³/mol. The van der Waals surface area contributed by atoms with Crippen LogP contribution < -0.4 is 11.0 Å². The Morgan fingerprint density at radius 3 is 2.68 bits per heavy atom. The highest BCUT2D eigenvalue weighted by Gasteiger charge is 2.31. The molecule has 1 atom stereocenters. The van der Waals surface area contributed by atoms with Crippen molar-refractivity contribution in [2.45, 2.75) is 32.5 Å². The molecule has 0 spiro atoms. The summed E-state index contributed by atoms with van der Waals surface area (Å²) >= 11 is 5.76. The molecule has 31 heavy (non-hydrogen) atoms. The Balaban J connectivity index is 0.00000231. The molecule has 3 aliphatic rings. The van der Waals surface area contributed by atoms with Crippen molar-refractivity contribution in [3.8, 4) is 22.9 Å². The van der Waals surface area contributed by atoms with Gasteiger partial charge in [0.15, 0.2) is 11.6 Å². The van der Waals surface area contributed by atoms with Crippen LogP contribution in [-0.2, 0) is 13.1 Å². The molecule has 0 fully saturated rings. The molecule has 0 aliphatic carbocycles. The molecule has 0 bridgehead atoms. The number of hydrogen-bond donors (Lipinski definition) is 1. The first kappa shape index (κ1) is 22.3. The van der Waals surface area contributed by atoms with E-state index in [0.717, 1.165) is 37.1 Å². The third-order valence-corrected chi connectivity index (χ3v) is 6.62. The fraction of sp³-hybridized carbons (Fsp3) is 0.227. The van der Waals surface area contributed by atoms with Crippen LogP contribution in [0.25, 0.3) is 22.9 Å². The molecule has 5 rings (SSSR count). The Kier molecular flexibility index (Phi) is 6.41. The van der Waals surface area contributed by atoms with E-state index in [1.165, 1.54) is 0 Å². The average Bonchev–Trinajstić information content (AvgIpc) is 3.36. The van der Waals surface area contributed by atoms with Crippen LogP contribution in [0, 0.1) is 3.57 Å². The second-order valence-corrected chi connectivity index (χ2v) is 9.59. The number of nitrogens with zero attached hydrogens (tertiary/aromatic N) is 4. The minimum atomic E-state index is -0.0536. The molecule has 0 radical (unpaired) electrons. The van der Waals surface area contributed by atoms with Crippen molar-refractivity contribution in [2.24, 2.45) is 0 Å². The molecule has 160 valence electrons. The summed E-state index contributed by atoms with van der Waals surface area (Å²) in [5, 5.41) is 3.48. The normalized spacial score (nSPS) is 14.9. The first-order chi connectivity index (χ1) is 14.5. The molecule has 2 aromatic rings. The van der Waals surface area contributed by atoms with Gasteiger partial charge in [0, 0.05) is 26.2 Å². The van der Waals surface area contributed by atoms with Crippen LogP contribution in [0.3, 0.4) is 0 Å². The maximum atomic E-state index is 13.4. The highest BCUT2D eigenvalue weighted by Crippen LogP contribution is 2.34. The van der Waals surface area contributed by atoms with Crippen LogP contribution in [0.15, 0.2) is 57.8 Å². The van der Waals surface area contributed by atoms with E-state index in [2.05, 4.69) is 56.8 Å². The number of benzene rings is 2. The van der Waals surface area contributed by atoms with E-state index in [1.807, 2.05) is 47.0 Å². The SMILES string of the molecule is CCC1Cn2c(c3nc(-c4ccc(Br)cc4)nc-3n(Cc3cccc(I)c3)c2=O)N1.Cl. The molecule has 6 nitrogen and oxygen atoms in total. The first-order valence-electron chi connectivity index (χ1n) is 9.81. The highest BCUT2D eigenvalue weighted by molar-refractivity contribution is 14.1. The van der Waals surface area contributed by atoms with Crippen LogP contribution in [0.4, 0.5) is 5.82 Å². The van der Waals surface area contributed by atoms with Crippen LogP contribution in [0.2, 0.25) is 0 Å². The lowest BCUT2D eigenvalue weighted by molar-refractivity contribution is 0.579. The van der Waals surface area contributed by atoms with E-state index in [0.29, 0.717) is 24.7 Å². The summed E-state index contributed by atoms with van der Waals surface area (Å²) in [6, 6.07) is 16.3. The van der Waals surface area contributed by atoms with E-state index >= 15 is 0 Å². The Morgan fingerprint density at radius 2 is 1.97 bits per heavy atom. The van der Waals surface area contributed by atoms with Gasteiger partial charge in [0.05, 0.1) is 6.54 Å². The van der Waals surface area contributed by atoms with Gasteiger partial charge in [-0.1, -0.05) is 47.1 Å². The monoisotopic (exact) mass is 611 g/mol. The second-order valence-electron chi connectivity index (χ2n) is 7.43. The molecule has 1 N–H and O–H groups in total. The summed E-state index contributed by atoms with van der Waals surface area (Å²) < 4.78 is 5.70. The molecule has 0 amide bonds. The Hall–Kier alpha value is -1.91. The Labute approximate surface area is 208 Å². The average molecular weight is 613 g/mol. The van der Waals surface area contributed by atoms with Gasteiger partial charge in [0.1, 0.15) is 11.5 Å². The molecule has 3 aliphatic heterocycles. The molecule has 1 unspecified atom stereocenters. The van der Waals surface area contributed by atoms with Gasteiger partial charge in [0.2, 0.25) is 0 Å². The Morgan fingerprint density at radius 1 is 1.19 bits per heavy atom. The van der Waals surface area contributed by atoms with E-state index in [9.17, 15) is 4.79 Å². The predicted octanol–water partition coefficient (Wildman–Crippen LogP) is 5.25. The van der Waals surface area contributed by atoms with Crippen molar-refractivity contribution in [2.75, 3.05) is 5.32 Å². The maximum absolute atomic E-state index is 13.4. The first-order valence-corrected chi connectivity index (χ1v) is 11.7. The molecule has 0 saturated carbocycles. The van der Waals surface area contributed by atoms with Gasteiger partial charge in [-0.25, -0.2) is 14.8 Å². The second kappa shape index (κ2) is 8.91. The van der Waals surface area contributed by atoms with Gasteiger partial charge in [-0.3, -0.25) is 9.13 Å². The van der Waals surface area contributed by atoms with E-state index in [4.69, 9.17) is 9.97 Å². The number of aromatic nitrogens is 4. The minimum absolute atomic E-state index is 0. The summed E-state index contributed by atoms with van der Waals surface area (Å²) in [5.74, 6) is 2.02. The summed E-state index contributed by atoms with van der Waals surface area (Å²) in [6.07, 6.45) is 0.938. The van der Waals surface area contributed by atoms with E-state index < -0.39 is 0 Å². The fourth-order valence-corrected chi connectivity index (χ4v) is 4.71. The minimum Gasteiger partial charge on any atom is -0.365 e. The number of fused-ring (bicyclic) bond motifs is 3. The molecule has 0 saturated heterocycles. The van der Waals surface area contributed by atoms with Crippen molar-refractivity contribution in [3.63, 3.8) is 0 Å². The lowest BCUT2D eigenvalue weighted by atomic mass is 10.2. The zero-order chi connectivity index (χ0) is 20.8. The summed E-state index contributed by atoms with van der Waals surface area (Å²) in [4.78, 5) is 23.1. The molecule has 0 aromatic heterocycles. The standard InChI is InChI=1S/C22H19BrIN5O.ClH/c1-2-17-12-29-20(25-17)18-21(27-19(26-18)14-6-8-15(23)9-7-14)28(22(29)30)11-13-4-3-5-16(24)10-13;/h3-10,17,25H,2,11-12H2,1H3;1H. The van der Waals surface area contributed by atoms with Crippen LogP contribution in [-0.4, -0.2) is 25.1 Å². The topological polar surface area (TPSA) is 64.7 Å². The quantitative estimate of drug-likeness (QED) is 0.320. The fourth-order valence-electron chi connectivity index (χ4n) is 3.84. The zero-order valence-electron chi connectivity index (χ0n) is 16.7. The Bertz CT molecular complexity index is 1270. The number of hydrogen-bond acceptors (Lipinski definition) is 4. The molecule has 9 heteroatoms. The van der Waals surface area contributed by atoms with Crippen molar-refractivity contribution in [3.05, 3.63) is 72.6 Å². The van der Waals surface area contributed by atoms with E-state index in [1.54, 1.807) is 4.57 Å².